The number of hydrogen-bond donors (Lipinski definition) is 3. The Kier molecular flexibility index (Phi) is 9.13. The van der Waals surface area contributed by atoms with Crippen LogP contribution in [0.2, 0.25) is 0 Å². The summed E-state index contributed by atoms with van der Waals surface area (Å²) < 4.78 is 67.8. The van der Waals surface area contributed by atoms with Gasteiger partial charge in [0.1, 0.15) is 0 Å². The van der Waals surface area contributed by atoms with Crippen LogP contribution in [0.4, 0.5) is 28.9 Å². The maximum atomic E-state index is 14.7. The molecule has 43 heavy (non-hydrogen) atoms. The van der Waals surface area contributed by atoms with Gasteiger partial charge in [0.05, 0.1) is 18.8 Å². The molecule has 5 rings (SSSR count). The van der Waals surface area contributed by atoms with E-state index in [1.807, 2.05) is 18.9 Å². The van der Waals surface area contributed by atoms with Crippen LogP contribution >= 0.6 is 0 Å². The molecule has 3 N–H and O–H groups in total. The van der Waals surface area contributed by atoms with Crippen molar-refractivity contribution >= 4 is 42.3 Å². The number of carbonyl (C=O) groups excluding carboxylic acids is 1. The SMILES string of the molecule is COc1cc(C(=O)NC2(C)COC2)ccc1NCC#Cc1cc2c(N[C@@H]3CCN(C)C[C@@H]3F)cccn2c1[Se]C(F)(F)F. The van der Waals surface area contributed by atoms with Gasteiger partial charge < -0.3 is 4.74 Å². The zero-order chi connectivity index (χ0) is 30.8. The number of ether oxygens (including phenoxy) is 2. The quantitative estimate of drug-likeness (QED) is 0.195. The molecule has 2 fully saturated rings. The first-order valence-electron chi connectivity index (χ1n) is 13.7. The fourth-order valence-electron chi connectivity index (χ4n) is 5.10. The fourth-order valence-corrected chi connectivity index (χ4v) is 6.56. The molecule has 0 unspecified atom stereocenters. The van der Waals surface area contributed by atoms with Crippen LogP contribution < -0.4 is 25.3 Å². The maximum absolute atomic E-state index is 14.7. The van der Waals surface area contributed by atoms with Gasteiger partial charge in [-0.3, -0.25) is 0 Å². The number of pyridine rings is 1. The fraction of sp³-hybridized carbons (Fsp3) is 0.433. The van der Waals surface area contributed by atoms with Gasteiger partial charge in [-0.25, -0.2) is 0 Å². The van der Waals surface area contributed by atoms with E-state index in [1.54, 1.807) is 42.6 Å². The molecule has 2 saturated heterocycles. The normalized spacial score (nSPS) is 20.1. The number of likely N-dealkylation sites (tertiary alicyclic amines) is 1. The molecular formula is C30H33F4N5O3Se. The molecule has 0 saturated carbocycles. The van der Waals surface area contributed by atoms with E-state index in [0.29, 0.717) is 54.4 Å². The Hall–Kier alpha value is -3.43. The predicted molar refractivity (Wildman–Crippen MR) is 158 cm³/mol. The van der Waals surface area contributed by atoms with E-state index in [4.69, 9.17) is 9.47 Å². The first-order chi connectivity index (χ1) is 20.4. The average molecular weight is 667 g/mol. The van der Waals surface area contributed by atoms with Crippen molar-refractivity contribution in [1.82, 2.24) is 14.6 Å². The summed E-state index contributed by atoms with van der Waals surface area (Å²) in [6.45, 7) is 3.94. The van der Waals surface area contributed by atoms with Crippen LogP contribution in [-0.4, -0.2) is 100.0 Å². The van der Waals surface area contributed by atoms with Crippen LogP contribution in [0.25, 0.3) is 5.52 Å². The van der Waals surface area contributed by atoms with Crippen molar-refractivity contribution in [3.63, 3.8) is 0 Å². The summed E-state index contributed by atoms with van der Waals surface area (Å²) in [7, 11) is 3.34. The van der Waals surface area contributed by atoms with Crippen molar-refractivity contribution < 1.29 is 31.8 Å². The van der Waals surface area contributed by atoms with Crippen LogP contribution in [-0.2, 0) is 4.74 Å². The monoisotopic (exact) mass is 667 g/mol. The molecule has 3 aromatic rings. The number of halogens is 4. The molecule has 13 heteroatoms. The third kappa shape index (κ3) is 7.39. The third-order valence-electron chi connectivity index (χ3n) is 7.37. The molecule has 230 valence electrons. The summed E-state index contributed by atoms with van der Waals surface area (Å²) in [4.78, 5) is 14.6. The number of rotatable bonds is 8. The number of benzene rings is 1. The first-order valence-corrected chi connectivity index (χ1v) is 15.5. The molecule has 2 aliphatic rings. The second kappa shape index (κ2) is 12.7. The molecule has 8 nitrogen and oxygen atoms in total. The number of amides is 1. The number of fused-ring (bicyclic) bond motifs is 1. The molecule has 2 aliphatic heterocycles. The van der Waals surface area contributed by atoms with Gasteiger partial charge in [0.25, 0.3) is 0 Å². The zero-order valence-electron chi connectivity index (χ0n) is 24.0. The van der Waals surface area contributed by atoms with Crippen LogP contribution in [0.3, 0.4) is 0 Å². The molecular weight excluding hydrogens is 633 g/mol. The number of anilines is 2. The molecule has 1 aromatic carbocycles. The van der Waals surface area contributed by atoms with Crippen molar-refractivity contribution in [3.8, 4) is 17.6 Å². The zero-order valence-corrected chi connectivity index (χ0v) is 25.7. The Labute approximate surface area is 253 Å². The molecule has 2 atom stereocenters. The third-order valence-corrected chi connectivity index (χ3v) is 9.14. The number of nitrogens with zero attached hydrogens (tertiary/aromatic N) is 2. The summed E-state index contributed by atoms with van der Waals surface area (Å²) in [5.74, 6) is 6.00. The molecule has 0 aliphatic carbocycles. The van der Waals surface area contributed by atoms with Gasteiger partial charge in [0.15, 0.2) is 0 Å². The minimum atomic E-state index is -4.39. The number of methoxy groups -OCH3 is 1. The van der Waals surface area contributed by atoms with Crippen molar-refractivity contribution in [2.24, 2.45) is 0 Å². The van der Waals surface area contributed by atoms with Gasteiger partial charge in [-0.15, -0.1) is 0 Å². The minimum absolute atomic E-state index is 0.0739. The van der Waals surface area contributed by atoms with E-state index < -0.39 is 37.8 Å². The molecule has 0 radical (unpaired) electrons. The van der Waals surface area contributed by atoms with Gasteiger partial charge in [-0.1, -0.05) is 0 Å². The van der Waals surface area contributed by atoms with Crippen molar-refractivity contribution in [2.45, 2.75) is 36.2 Å². The number of hydrogen-bond acceptors (Lipinski definition) is 6. The Morgan fingerprint density at radius 2 is 2.02 bits per heavy atom. The van der Waals surface area contributed by atoms with E-state index >= 15 is 0 Å². The standard InChI is InChI=1S/C30H33F4N5O3Se/c1-29(17-42-18-29)37-27(40)19-8-9-24(26(15-19)41-3)35-11-4-6-20-14-25-23(36-22-10-13-38(2)16-21(22)31)7-5-12-39(25)28(20)43-30(32,33)34/h5,7-9,12,14-15,21-22,35-36H,10-11,13,16-18H2,1-3H3,(H,37,40)/t21-,22+/m0/s1. The molecule has 0 bridgehead atoms. The molecule has 1 amide bonds. The number of piperidine rings is 1. The summed E-state index contributed by atoms with van der Waals surface area (Å²) in [5, 5.41) is 4.90. The second-order valence-electron chi connectivity index (χ2n) is 11.0. The Morgan fingerprint density at radius 1 is 1.23 bits per heavy atom. The van der Waals surface area contributed by atoms with E-state index in [1.165, 1.54) is 11.5 Å². The van der Waals surface area contributed by atoms with Gasteiger partial charge in [-0.05, 0) is 6.92 Å². The molecule has 0 spiro atoms. The number of carbonyl (C=O) groups is 1. The number of alkyl halides is 4. The number of nitrogens with one attached hydrogen (secondary N) is 3. The van der Waals surface area contributed by atoms with Crippen molar-refractivity contribution in [1.29, 1.82) is 0 Å². The van der Waals surface area contributed by atoms with E-state index in [0.717, 1.165) is 6.54 Å². The van der Waals surface area contributed by atoms with Gasteiger partial charge >= 0.3 is 224 Å². The van der Waals surface area contributed by atoms with Crippen LogP contribution in [0, 0.1) is 11.8 Å². The van der Waals surface area contributed by atoms with E-state index in [-0.39, 0.29) is 22.6 Å². The topological polar surface area (TPSA) is 79.3 Å². The summed E-state index contributed by atoms with van der Waals surface area (Å²) in [5.41, 5.74) is 1.96. The Morgan fingerprint density at radius 3 is 2.70 bits per heavy atom. The van der Waals surface area contributed by atoms with Gasteiger partial charge in [0.2, 0.25) is 0 Å². The second-order valence-corrected chi connectivity index (χ2v) is 13.2. The summed E-state index contributed by atoms with van der Waals surface area (Å²) in [6, 6.07) is 9.56. The first kappa shape index (κ1) is 31.0. The van der Waals surface area contributed by atoms with Crippen LogP contribution in [0.5, 0.6) is 5.75 Å². The summed E-state index contributed by atoms with van der Waals surface area (Å²) in [6.07, 6.45) is 1.06. The Balaban J connectivity index is 1.34. The average Bonchev–Trinajstić information content (AvgIpc) is 3.28. The van der Waals surface area contributed by atoms with Crippen LogP contribution in [0.15, 0.2) is 42.6 Å². The van der Waals surface area contributed by atoms with E-state index in [2.05, 4.69) is 27.8 Å². The number of aromatic nitrogens is 1. The van der Waals surface area contributed by atoms with Crippen LogP contribution in [0.1, 0.15) is 29.3 Å². The molecule has 2 aromatic heterocycles. The van der Waals surface area contributed by atoms with Gasteiger partial charge in [0, 0.05) is 0 Å². The predicted octanol–water partition coefficient (Wildman–Crippen LogP) is 3.23. The summed E-state index contributed by atoms with van der Waals surface area (Å²) >= 11 is -1.85. The Bertz CT molecular complexity index is 1550. The van der Waals surface area contributed by atoms with Gasteiger partial charge in [-0.2, -0.15) is 0 Å². The molecule has 4 heterocycles. The van der Waals surface area contributed by atoms with Crippen molar-refractivity contribution in [3.05, 3.63) is 53.7 Å². The van der Waals surface area contributed by atoms with Crippen molar-refractivity contribution in [2.75, 3.05) is 57.6 Å². The van der Waals surface area contributed by atoms with E-state index in [9.17, 15) is 22.4 Å².